The van der Waals surface area contributed by atoms with Crippen molar-refractivity contribution < 1.29 is 4.42 Å². The van der Waals surface area contributed by atoms with Crippen LogP contribution in [0.3, 0.4) is 0 Å². The molecule has 4 nitrogen and oxygen atoms in total. The molecule has 0 aliphatic rings. The lowest BCUT2D eigenvalue weighted by atomic mass is 10.0. The lowest BCUT2D eigenvalue weighted by Crippen LogP contribution is -1.98. The molecule has 0 saturated heterocycles. The molecule has 0 radical (unpaired) electrons. The van der Waals surface area contributed by atoms with Crippen LogP contribution in [0, 0.1) is 0 Å². The average molecular weight is 614 g/mol. The van der Waals surface area contributed by atoms with E-state index in [0.717, 1.165) is 66.7 Å². The van der Waals surface area contributed by atoms with Gasteiger partial charge in [-0.3, -0.25) is 0 Å². The molecule has 3 aromatic heterocycles. The smallest absolute Gasteiger partial charge is 0.160 e. The summed E-state index contributed by atoms with van der Waals surface area (Å²) in [7, 11) is 0. The maximum atomic E-state index is 6.72. The monoisotopic (exact) mass is 613 g/mol. The van der Waals surface area contributed by atoms with E-state index in [-0.39, 0.29) is 0 Å². The second-order valence-corrected chi connectivity index (χ2v) is 12.2. The van der Waals surface area contributed by atoms with Gasteiger partial charge in [-0.05, 0) is 53.2 Å². The SMILES string of the molecule is c1ccc(-c2cc(-c3cc(-n4c5ccccc5c5cc6ccccc6cc54)c4oc5ccccc5c4c3)nc(-c3ccccc3)n2)cc1. The highest BCUT2D eigenvalue weighted by molar-refractivity contribution is 6.16. The summed E-state index contributed by atoms with van der Waals surface area (Å²) in [4.78, 5) is 10.3. The van der Waals surface area contributed by atoms with E-state index in [1.807, 2.05) is 48.5 Å². The molecule has 48 heavy (non-hydrogen) atoms. The molecule has 10 aromatic rings. The highest BCUT2D eigenvalue weighted by Crippen LogP contribution is 2.41. The van der Waals surface area contributed by atoms with Gasteiger partial charge in [0.1, 0.15) is 5.58 Å². The van der Waals surface area contributed by atoms with Gasteiger partial charge in [0.05, 0.1) is 28.1 Å². The zero-order chi connectivity index (χ0) is 31.6. The first-order chi connectivity index (χ1) is 23.8. The predicted octanol–water partition coefficient (Wildman–Crippen LogP) is 11.6. The second kappa shape index (κ2) is 10.5. The first-order valence-corrected chi connectivity index (χ1v) is 16.2. The minimum Gasteiger partial charge on any atom is -0.454 e. The van der Waals surface area contributed by atoms with Gasteiger partial charge in [0, 0.05) is 38.2 Å². The number of aromatic nitrogens is 3. The van der Waals surface area contributed by atoms with Crippen LogP contribution in [0.15, 0.2) is 168 Å². The largest absolute Gasteiger partial charge is 0.454 e. The molecule has 224 valence electrons. The Morgan fingerprint density at radius 3 is 1.83 bits per heavy atom. The summed E-state index contributed by atoms with van der Waals surface area (Å²) < 4.78 is 9.08. The van der Waals surface area contributed by atoms with E-state index in [2.05, 4.69) is 120 Å². The standard InChI is InChI=1S/C44H27N3O/c1-3-13-28(14-4-1)37-27-38(46-44(45-37)29-15-5-2-6-16-29)32-24-36-34-20-10-12-22-42(34)48-43(36)41(26-32)47-39-21-11-9-19-33(39)35-23-30-17-7-8-18-31(30)25-40(35)47/h1-27H. The van der Waals surface area contributed by atoms with Gasteiger partial charge in [0.2, 0.25) is 0 Å². The van der Waals surface area contributed by atoms with Gasteiger partial charge in [-0.15, -0.1) is 0 Å². The van der Waals surface area contributed by atoms with Crippen molar-refractivity contribution >= 4 is 54.5 Å². The van der Waals surface area contributed by atoms with Gasteiger partial charge < -0.3 is 8.98 Å². The number of hydrogen-bond acceptors (Lipinski definition) is 3. The Labute approximate surface area is 276 Å². The Bertz CT molecular complexity index is 2770. The van der Waals surface area contributed by atoms with E-state index in [4.69, 9.17) is 14.4 Å². The molecule has 4 heteroatoms. The topological polar surface area (TPSA) is 43.9 Å². The zero-order valence-corrected chi connectivity index (χ0v) is 25.8. The van der Waals surface area contributed by atoms with Crippen molar-refractivity contribution in [1.82, 2.24) is 14.5 Å². The van der Waals surface area contributed by atoms with Gasteiger partial charge in [-0.25, -0.2) is 9.97 Å². The Balaban J connectivity index is 1.32. The first-order valence-electron chi connectivity index (χ1n) is 16.2. The fourth-order valence-corrected chi connectivity index (χ4v) is 7.11. The van der Waals surface area contributed by atoms with Gasteiger partial charge >= 0.3 is 0 Å². The number of furan rings is 1. The first kappa shape index (κ1) is 26.7. The quantitative estimate of drug-likeness (QED) is 0.198. The Morgan fingerprint density at radius 2 is 1.04 bits per heavy atom. The van der Waals surface area contributed by atoms with Crippen LogP contribution in [-0.4, -0.2) is 14.5 Å². The van der Waals surface area contributed by atoms with Crippen molar-refractivity contribution in [2.24, 2.45) is 0 Å². The molecule has 0 fully saturated rings. The highest BCUT2D eigenvalue weighted by atomic mass is 16.3. The molecule has 7 aromatic carbocycles. The van der Waals surface area contributed by atoms with E-state index < -0.39 is 0 Å². The molecule has 0 amide bonds. The molecule has 0 N–H and O–H groups in total. The normalized spacial score (nSPS) is 11.8. The summed E-state index contributed by atoms with van der Waals surface area (Å²) in [6.07, 6.45) is 0. The molecule has 0 atom stereocenters. The van der Waals surface area contributed by atoms with Crippen molar-refractivity contribution in [3.63, 3.8) is 0 Å². The maximum Gasteiger partial charge on any atom is 0.160 e. The maximum absolute atomic E-state index is 6.72. The number of nitrogens with zero attached hydrogens (tertiary/aromatic N) is 3. The van der Waals surface area contributed by atoms with Crippen molar-refractivity contribution in [3.05, 3.63) is 164 Å². The molecule has 3 heterocycles. The van der Waals surface area contributed by atoms with Crippen LogP contribution in [0.25, 0.3) is 94.1 Å². The van der Waals surface area contributed by atoms with Gasteiger partial charge in [0.15, 0.2) is 11.4 Å². The van der Waals surface area contributed by atoms with Crippen molar-refractivity contribution in [3.8, 4) is 39.6 Å². The van der Waals surface area contributed by atoms with Crippen LogP contribution in [0.4, 0.5) is 0 Å². The van der Waals surface area contributed by atoms with Crippen molar-refractivity contribution in [2.45, 2.75) is 0 Å². The lowest BCUT2D eigenvalue weighted by molar-refractivity contribution is 0.666. The third-order valence-corrected chi connectivity index (χ3v) is 9.36. The molecule has 0 saturated carbocycles. The number of rotatable bonds is 4. The van der Waals surface area contributed by atoms with Crippen LogP contribution >= 0.6 is 0 Å². The van der Waals surface area contributed by atoms with E-state index in [1.54, 1.807) is 0 Å². The Kier molecular flexibility index (Phi) is 5.84. The van der Waals surface area contributed by atoms with E-state index in [0.29, 0.717) is 5.82 Å². The van der Waals surface area contributed by atoms with Gasteiger partial charge in [-0.1, -0.05) is 121 Å². The summed E-state index contributed by atoms with van der Waals surface area (Å²) in [5.41, 5.74) is 9.66. The van der Waals surface area contributed by atoms with Crippen LogP contribution < -0.4 is 0 Å². The fourth-order valence-electron chi connectivity index (χ4n) is 7.11. The minimum atomic E-state index is 0.689. The van der Waals surface area contributed by atoms with Crippen LogP contribution in [0.2, 0.25) is 0 Å². The predicted molar refractivity (Wildman–Crippen MR) is 197 cm³/mol. The van der Waals surface area contributed by atoms with Crippen molar-refractivity contribution in [2.75, 3.05) is 0 Å². The van der Waals surface area contributed by atoms with Crippen LogP contribution in [0.5, 0.6) is 0 Å². The number of hydrogen-bond donors (Lipinski definition) is 0. The minimum absolute atomic E-state index is 0.689. The molecule has 0 aliphatic carbocycles. The molecular formula is C44H27N3O. The van der Waals surface area contributed by atoms with Gasteiger partial charge in [-0.2, -0.15) is 0 Å². The molecule has 10 rings (SSSR count). The van der Waals surface area contributed by atoms with Crippen molar-refractivity contribution in [1.29, 1.82) is 0 Å². The number of benzene rings is 7. The van der Waals surface area contributed by atoms with E-state index in [1.165, 1.54) is 21.5 Å². The molecule has 0 aliphatic heterocycles. The summed E-state index contributed by atoms with van der Waals surface area (Å²) in [6, 6.07) is 57.2. The molecule has 0 bridgehead atoms. The van der Waals surface area contributed by atoms with E-state index >= 15 is 0 Å². The third-order valence-electron chi connectivity index (χ3n) is 9.36. The second-order valence-electron chi connectivity index (χ2n) is 12.2. The lowest BCUT2D eigenvalue weighted by Gasteiger charge is -2.13. The summed E-state index contributed by atoms with van der Waals surface area (Å²) in [5, 5.41) is 6.94. The molecular weight excluding hydrogens is 587 g/mol. The Morgan fingerprint density at radius 1 is 0.417 bits per heavy atom. The number of para-hydroxylation sites is 2. The average Bonchev–Trinajstić information content (AvgIpc) is 3.69. The Hall–Kier alpha value is -6.52. The van der Waals surface area contributed by atoms with E-state index in [9.17, 15) is 0 Å². The summed E-state index contributed by atoms with van der Waals surface area (Å²) >= 11 is 0. The van der Waals surface area contributed by atoms with Crippen LogP contribution in [0.1, 0.15) is 0 Å². The molecule has 0 unspecified atom stereocenters. The third kappa shape index (κ3) is 4.16. The summed E-state index contributed by atoms with van der Waals surface area (Å²) in [5.74, 6) is 0.689. The fraction of sp³-hybridized carbons (Fsp3) is 0. The number of fused-ring (bicyclic) bond motifs is 7. The molecule has 0 spiro atoms. The summed E-state index contributed by atoms with van der Waals surface area (Å²) in [6.45, 7) is 0. The van der Waals surface area contributed by atoms with Gasteiger partial charge in [0.25, 0.3) is 0 Å². The highest BCUT2D eigenvalue weighted by Gasteiger charge is 2.21. The van der Waals surface area contributed by atoms with Crippen LogP contribution in [-0.2, 0) is 0 Å². The zero-order valence-electron chi connectivity index (χ0n) is 25.8.